The smallest absolute Gasteiger partial charge is 0.310 e. The SMILES string of the molecule is CCC(=O)Oc1ccccc1CCc1ccco1. The van der Waals surface area contributed by atoms with Gasteiger partial charge in [-0.05, 0) is 30.2 Å². The average molecular weight is 244 g/mol. The van der Waals surface area contributed by atoms with E-state index in [9.17, 15) is 4.79 Å². The minimum atomic E-state index is -0.208. The maximum atomic E-state index is 11.3. The van der Waals surface area contributed by atoms with E-state index in [4.69, 9.17) is 9.15 Å². The van der Waals surface area contributed by atoms with Crippen molar-refractivity contribution in [2.45, 2.75) is 26.2 Å². The van der Waals surface area contributed by atoms with E-state index in [0.717, 1.165) is 24.2 Å². The van der Waals surface area contributed by atoms with E-state index >= 15 is 0 Å². The Bertz CT molecular complexity index is 500. The summed E-state index contributed by atoms with van der Waals surface area (Å²) in [7, 11) is 0. The highest BCUT2D eigenvalue weighted by Crippen LogP contribution is 2.20. The molecule has 0 saturated heterocycles. The molecule has 0 saturated carbocycles. The van der Waals surface area contributed by atoms with Crippen LogP contribution >= 0.6 is 0 Å². The van der Waals surface area contributed by atoms with Gasteiger partial charge < -0.3 is 9.15 Å². The first-order valence-corrected chi connectivity index (χ1v) is 6.10. The minimum absolute atomic E-state index is 0.208. The molecule has 0 aliphatic rings. The van der Waals surface area contributed by atoms with Gasteiger partial charge in [-0.3, -0.25) is 4.79 Å². The molecule has 3 nitrogen and oxygen atoms in total. The summed E-state index contributed by atoms with van der Waals surface area (Å²) in [5.41, 5.74) is 1.02. The Morgan fingerprint density at radius 1 is 1.17 bits per heavy atom. The van der Waals surface area contributed by atoms with Crippen LogP contribution in [0.4, 0.5) is 0 Å². The summed E-state index contributed by atoms with van der Waals surface area (Å²) >= 11 is 0. The third-order valence-electron chi connectivity index (χ3n) is 2.71. The Balaban J connectivity index is 2.05. The van der Waals surface area contributed by atoms with Crippen LogP contribution in [0.2, 0.25) is 0 Å². The highest BCUT2D eigenvalue weighted by Gasteiger charge is 2.07. The number of ether oxygens (including phenoxy) is 1. The molecular weight excluding hydrogens is 228 g/mol. The van der Waals surface area contributed by atoms with Crippen LogP contribution in [-0.2, 0) is 17.6 Å². The zero-order valence-electron chi connectivity index (χ0n) is 10.4. The van der Waals surface area contributed by atoms with Crippen LogP contribution < -0.4 is 4.74 Å². The molecule has 3 heteroatoms. The van der Waals surface area contributed by atoms with Gasteiger partial charge in [0.1, 0.15) is 11.5 Å². The van der Waals surface area contributed by atoms with Crippen molar-refractivity contribution >= 4 is 5.97 Å². The topological polar surface area (TPSA) is 39.4 Å². The lowest BCUT2D eigenvalue weighted by Crippen LogP contribution is -2.07. The summed E-state index contributed by atoms with van der Waals surface area (Å²) in [4.78, 5) is 11.3. The first-order chi connectivity index (χ1) is 8.79. The van der Waals surface area contributed by atoms with Crippen LogP contribution in [0.3, 0.4) is 0 Å². The maximum Gasteiger partial charge on any atom is 0.310 e. The lowest BCUT2D eigenvalue weighted by Gasteiger charge is -2.08. The average Bonchev–Trinajstić information content (AvgIpc) is 2.91. The Morgan fingerprint density at radius 3 is 2.72 bits per heavy atom. The van der Waals surface area contributed by atoms with Crippen LogP contribution in [0.15, 0.2) is 47.1 Å². The van der Waals surface area contributed by atoms with Crippen molar-refractivity contribution in [3.05, 3.63) is 54.0 Å². The van der Waals surface area contributed by atoms with Gasteiger partial charge in [0.05, 0.1) is 6.26 Å². The second-order valence-electron chi connectivity index (χ2n) is 4.01. The number of esters is 1. The number of carbonyl (C=O) groups is 1. The minimum Gasteiger partial charge on any atom is -0.469 e. The molecule has 0 bridgehead atoms. The van der Waals surface area contributed by atoms with Crippen molar-refractivity contribution in [1.82, 2.24) is 0 Å². The lowest BCUT2D eigenvalue weighted by molar-refractivity contribution is -0.134. The summed E-state index contributed by atoms with van der Waals surface area (Å²) in [6, 6.07) is 11.4. The fourth-order valence-electron chi connectivity index (χ4n) is 1.72. The van der Waals surface area contributed by atoms with E-state index in [1.807, 2.05) is 36.4 Å². The molecule has 0 aliphatic carbocycles. The molecule has 1 aromatic heterocycles. The van der Waals surface area contributed by atoms with Gasteiger partial charge in [0, 0.05) is 12.8 Å². The highest BCUT2D eigenvalue weighted by atomic mass is 16.5. The molecule has 0 unspecified atom stereocenters. The number of benzene rings is 1. The number of rotatable bonds is 5. The zero-order valence-corrected chi connectivity index (χ0v) is 10.4. The second-order valence-corrected chi connectivity index (χ2v) is 4.01. The van der Waals surface area contributed by atoms with Crippen LogP contribution in [0.25, 0.3) is 0 Å². The number of hydrogen-bond acceptors (Lipinski definition) is 3. The third-order valence-corrected chi connectivity index (χ3v) is 2.71. The van der Waals surface area contributed by atoms with E-state index < -0.39 is 0 Å². The summed E-state index contributed by atoms with van der Waals surface area (Å²) < 4.78 is 10.6. The quantitative estimate of drug-likeness (QED) is 0.598. The van der Waals surface area contributed by atoms with E-state index in [-0.39, 0.29) is 5.97 Å². The lowest BCUT2D eigenvalue weighted by atomic mass is 10.1. The molecule has 0 aliphatic heterocycles. The van der Waals surface area contributed by atoms with Crippen molar-refractivity contribution in [3.63, 3.8) is 0 Å². The molecule has 0 spiro atoms. The van der Waals surface area contributed by atoms with Crippen molar-refractivity contribution in [2.75, 3.05) is 0 Å². The number of aryl methyl sites for hydroxylation is 2. The van der Waals surface area contributed by atoms with E-state index in [1.54, 1.807) is 13.2 Å². The van der Waals surface area contributed by atoms with E-state index in [1.165, 1.54) is 0 Å². The number of furan rings is 1. The van der Waals surface area contributed by atoms with Gasteiger partial charge in [0.15, 0.2) is 0 Å². The molecule has 0 amide bonds. The molecule has 1 aromatic carbocycles. The van der Waals surface area contributed by atoms with Gasteiger partial charge >= 0.3 is 5.97 Å². The monoisotopic (exact) mass is 244 g/mol. The Hall–Kier alpha value is -2.03. The molecule has 0 radical (unpaired) electrons. The number of hydrogen-bond donors (Lipinski definition) is 0. The normalized spacial score (nSPS) is 10.3. The Labute approximate surface area is 106 Å². The van der Waals surface area contributed by atoms with Gasteiger partial charge in [-0.25, -0.2) is 0 Å². The summed E-state index contributed by atoms with van der Waals surface area (Å²) in [6.07, 6.45) is 3.64. The van der Waals surface area contributed by atoms with Crippen LogP contribution in [0.1, 0.15) is 24.7 Å². The molecule has 0 N–H and O–H groups in total. The van der Waals surface area contributed by atoms with Gasteiger partial charge in [-0.2, -0.15) is 0 Å². The van der Waals surface area contributed by atoms with Gasteiger partial charge in [0.2, 0.25) is 0 Å². The molecule has 1 heterocycles. The molecule has 2 aromatic rings. The Morgan fingerprint density at radius 2 is 2.00 bits per heavy atom. The largest absolute Gasteiger partial charge is 0.469 e. The summed E-state index contributed by atoms with van der Waals surface area (Å²) in [5, 5.41) is 0. The Kier molecular flexibility index (Phi) is 4.18. The van der Waals surface area contributed by atoms with Crippen molar-refractivity contribution < 1.29 is 13.9 Å². The molecule has 0 atom stereocenters. The van der Waals surface area contributed by atoms with Crippen LogP contribution in [0.5, 0.6) is 5.75 Å². The van der Waals surface area contributed by atoms with Crippen molar-refractivity contribution in [3.8, 4) is 5.75 Å². The van der Waals surface area contributed by atoms with Gasteiger partial charge in [-0.15, -0.1) is 0 Å². The molecule has 18 heavy (non-hydrogen) atoms. The zero-order chi connectivity index (χ0) is 12.8. The molecule has 0 fully saturated rings. The summed E-state index contributed by atoms with van der Waals surface area (Å²) in [5.74, 6) is 1.38. The first kappa shape index (κ1) is 12.4. The van der Waals surface area contributed by atoms with Crippen LogP contribution in [0, 0.1) is 0 Å². The molecule has 94 valence electrons. The number of para-hydroxylation sites is 1. The van der Waals surface area contributed by atoms with Crippen molar-refractivity contribution in [1.29, 1.82) is 0 Å². The number of carbonyl (C=O) groups excluding carboxylic acids is 1. The fraction of sp³-hybridized carbons (Fsp3) is 0.267. The van der Waals surface area contributed by atoms with Crippen LogP contribution in [-0.4, -0.2) is 5.97 Å². The molecule has 2 rings (SSSR count). The van der Waals surface area contributed by atoms with E-state index in [0.29, 0.717) is 12.2 Å². The predicted molar refractivity (Wildman–Crippen MR) is 68.5 cm³/mol. The molecular formula is C15H16O3. The van der Waals surface area contributed by atoms with Gasteiger partial charge in [-0.1, -0.05) is 25.1 Å². The van der Waals surface area contributed by atoms with Crippen molar-refractivity contribution in [2.24, 2.45) is 0 Å². The summed E-state index contributed by atoms with van der Waals surface area (Å²) in [6.45, 7) is 1.79. The highest BCUT2D eigenvalue weighted by molar-refractivity contribution is 5.72. The first-order valence-electron chi connectivity index (χ1n) is 6.10. The second kappa shape index (κ2) is 6.05. The maximum absolute atomic E-state index is 11.3. The van der Waals surface area contributed by atoms with E-state index in [2.05, 4.69) is 0 Å². The standard InChI is InChI=1S/C15H16O3/c1-2-15(16)18-14-8-4-3-6-12(14)9-10-13-7-5-11-17-13/h3-8,11H,2,9-10H2,1H3. The fourth-order valence-corrected chi connectivity index (χ4v) is 1.72. The predicted octanol–water partition coefficient (Wildman–Crippen LogP) is 3.38. The van der Waals surface area contributed by atoms with Gasteiger partial charge in [0.25, 0.3) is 0 Å². The third kappa shape index (κ3) is 3.23.